The van der Waals surface area contributed by atoms with Crippen molar-refractivity contribution in [3.63, 3.8) is 0 Å². The minimum absolute atomic E-state index is 0.0249. The van der Waals surface area contributed by atoms with E-state index in [1.54, 1.807) is 0 Å². The number of carboxylic acids is 1. The van der Waals surface area contributed by atoms with Gasteiger partial charge in [0, 0.05) is 17.0 Å². The van der Waals surface area contributed by atoms with Crippen LogP contribution in [0.3, 0.4) is 0 Å². The van der Waals surface area contributed by atoms with Gasteiger partial charge in [-0.1, -0.05) is 38.8 Å². The first-order valence-corrected chi connectivity index (χ1v) is 12.0. The number of benzene rings is 2. The van der Waals surface area contributed by atoms with E-state index in [1.165, 1.54) is 18.1 Å². The van der Waals surface area contributed by atoms with E-state index in [0.29, 0.717) is 0 Å². The van der Waals surface area contributed by atoms with Gasteiger partial charge in [0.05, 0.1) is 18.4 Å². The van der Waals surface area contributed by atoms with E-state index < -0.39 is 27.4 Å². The largest absolute Gasteiger partial charge is 0.495 e. The van der Waals surface area contributed by atoms with Gasteiger partial charge >= 0.3 is 5.97 Å². The van der Waals surface area contributed by atoms with E-state index >= 15 is 0 Å². The second-order valence-electron chi connectivity index (χ2n) is 8.01. The molecule has 0 aliphatic rings. The summed E-state index contributed by atoms with van der Waals surface area (Å²) in [7, 11) is -2.98. The zero-order chi connectivity index (χ0) is 24.4. The maximum Gasteiger partial charge on any atom is 0.338 e. The highest BCUT2D eigenvalue weighted by molar-refractivity contribution is 7.92. The molecule has 0 saturated heterocycles. The zero-order valence-corrected chi connectivity index (χ0v) is 19.9. The Morgan fingerprint density at radius 1 is 1.18 bits per heavy atom. The number of rotatable bonds is 5. The van der Waals surface area contributed by atoms with Crippen LogP contribution < -0.4 is 9.46 Å². The average Bonchev–Trinajstić information content (AvgIpc) is 3.22. The van der Waals surface area contributed by atoms with Crippen molar-refractivity contribution in [2.75, 3.05) is 11.8 Å². The predicted octanol–water partition coefficient (Wildman–Crippen LogP) is 4.49. The molecule has 172 valence electrons. The fourth-order valence-electron chi connectivity index (χ4n) is 2.78. The number of anilines is 1. The Balaban J connectivity index is 1.83. The molecule has 1 aromatic heterocycles. The monoisotopic (exact) mass is 488 g/mol. The molecule has 3 rings (SSSR count). The van der Waals surface area contributed by atoms with E-state index in [4.69, 9.17) is 9.84 Å². The van der Waals surface area contributed by atoms with Crippen molar-refractivity contribution < 1.29 is 27.4 Å². The summed E-state index contributed by atoms with van der Waals surface area (Å²) < 4.78 is 46.6. The van der Waals surface area contributed by atoms with Gasteiger partial charge < -0.3 is 9.84 Å². The van der Waals surface area contributed by atoms with Crippen LogP contribution in [0.2, 0.25) is 0 Å². The third-order valence-corrected chi connectivity index (χ3v) is 6.74. The number of sulfonamides is 1. The molecule has 2 aromatic carbocycles. The van der Waals surface area contributed by atoms with Crippen molar-refractivity contribution in [2.45, 2.75) is 31.2 Å². The van der Waals surface area contributed by atoms with Crippen LogP contribution in [0.25, 0.3) is 0 Å². The van der Waals surface area contributed by atoms with Gasteiger partial charge in [0.2, 0.25) is 0 Å². The summed E-state index contributed by atoms with van der Waals surface area (Å²) in [5, 5.41) is 10.3. The molecule has 0 saturated carbocycles. The zero-order valence-electron chi connectivity index (χ0n) is 18.3. The van der Waals surface area contributed by atoms with Gasteiger partial charge in [-0.05, 0) is 35.1 Å². The number of halogens is 1. The molecule has 33 heavy (non-hydrogen) atoms. The smallest absolute Gasteiger partial charge is 0.338 e. The number of ether oxygens (including phenoxy) is 1. The first-order valence-electron chi connectivity index (χ1n) is 9.62. The van der Waals surface area contributed by atoms with E-state index in [0.717, 1.165) is 29.0 Å². The van der Waals surface area contributed by atoms with Gasteiger partial charge in [-0.3, -0.25) is 4.72 Å². The van der Waals surface area contributed by atoms with E-state index in [-0.39, 0.29) is 26.9 Å². The third kappa shape index (κ3) is 5.69. The molecular weight excluding hydrogens is 467 g/mol. The molecule has 0 atom stereocenters. The van der Waals surface area contributed by atoms with Gasteiger partial charge in [0.25, 0.3) is 10.0 Å². The van der Waals surface area contributed by atoms with Gasteiger partial charge in [-0.2, -0.15) is 8.42 Å². The van der Waals surface area contributed by atoms with Crippen molar-refractivity contribution in [3.8, 4) is 17.6 Å². The standard InChI is InChI=1S/C23H21FN2O5S2/c1-23(2,3)15-8-5-14(6-9-15)7-10-20-25-21(13-32-20)33(29,30)26-18-12-17(24)16(22(27)28)11-19(18)31-4/h5-6,8-9,11-13,26H,1-4H3,(H,27,28). The van der Waals surface area contributed by atoms with Crippen molar-refractivity contribution >= 4 is 33.0 Å². The molecular formula is C23H21FN2O5S2. The molecule has 2 N–H and O–H groups in total. The van der Waals surface area contributed by atoms with Crippen molar-refractivity contribution in [1.29, 1.82) is 0 Å². The number of hydrogen-bond acceptors (Lipinski definition) is 6. The molecule has 0 bridgehead atoms. The quantitative estimate of drug-likeness (QED) is 0.513. The number of carboxylic acid groups (broad SMARTS) is 1. The van der Waals surface area contributed by atoms with E-state index in [1.807, 2.05) is 24.3 Å². The summed E-state index contributed by atoms with van der Waals surface area (Å²) in [6.45, 7) is 6.34. The second kappa shape index (κ2) is 9.21. The van der Waals surface area contributed by atoms with Crippen molar-refractivity contribution in [2.24, 2.45) is 0 Å². The summed E-state index contributed by atoms with van der Waals surface area (Å²) in [5.74, 6) is 3.04. The minimum Gasteiger partial charge on any atom is -0.495 e. The lowest BCUT2D eigenvalue weighted by molar-refractivity contribution is 0.0691. The Labute approximate surface area is 195 Å². The normalized spacial score (nSPS) is 11.4. The number of aromatic nitrogens is 1. The molecule has 10 heteroatoms. The van der Waals surface area contributed by atoms with Gasteiger partial charge in [0.1, 0.15) is 11.6 Å². The average molecular weight is 489 g/mol. The minimum atomic E-state index is -4.19. The van der Waals surface area contributed by atoms with Crippen LogP contribution in [0.15, 0.2) is 46.8 Å². The highest BCUT2D eigenvalue weighted by atomic mass is 32.2. The predicted molar refractivity (Wildman–Crippen MR) is 124 cm³/mol. The fraction of sp³-hybridized carbons (Fsp3) is 0.217. The molecule has 7 nitrogen and oxygen atoms in total. The fourth-order valence-corrected chi connectivity index (χ4v) is 4.78. The van der Waals surface area contributed by atoms with Crippen LogP contribution in [0.4, 0.5) is 10.1 Å². The number of aromatic carboxylic acids is 1. The van der Waals surface area contributed by atoms with Crippen molar-refractivity contribution in [3.05, 3.63) is 69.3 Å². The summed E-state index contributed by atoms with van der Waals surface area (Å²) in [5.41, 5.74) is 1.07. The molecule has 0 fully saturated rings. The summed E-state index contributed by atoms with van der Waals surface area (Å²) >= 11 is 1.05. The first kappa shape index (κ1) is 24.2. The second-order valence-corrected chi connectivity index (χ2v) is 10.5. The highest BCUT2D eigenvalue weighted by Crippen LogP contribution is 2.30. The lowest BCUT2D eigenvalue weighted by Gasteiger charge is -2.18. The summed E-state index contributed by atoms with van der Waals surface area (Å²) in [6.07, 6.45) is 0. The Bertz CT molecular complexity index is 1360. The van der Waals surface area contributed by atoms with Crippen LogP contribution >= 0.6 is 11.3 Å². The van der Waals surface area contributed by atoms with Crippen LogP contribution in [-0.2, 0) is 15.4 Å². The summed E-state index contributed by atoms with van der Waals surface area (Å²) in [4.78, 5) is 15.1. The van der Waals surface area contributed by atoms with Crippen LogP contribution in [-0.4, -0.2) is 31.6 Å². The topological polar surface area (TPSA) is 106 Å². The van der Waals surface area contributed by atoms with Gasteiger partial charge in [0.15, 0.2) is 10.0 Å². The maximum atomic E-state index is 14.0. The Morgan fingerprint density at radius 2 is 1.85 bits per heavy atom. The Morgan fingerprint density at radius 3 is 2.42 bits per heavy atom. The molecule has 0 radical (unpaired) electrons. The van der Waals surface area contributed by atoms with Gasteiger partial charge in [-0.25, -0.2) is 14.2 Å². The number of carbonyl (C=O) groups is 1. The lowest BCUT2D eigenvalue weighted by atomic mass is 9.87. The third-order valence-electron chi connectivity index (χ3n) is 4.59. The molecule has 0 amide bonds. The van der Waals surface area contributed by atoms with E-state index in [2.05, 4.69) is 42.3 Å². The Hall–Kier alpha value is -3.42. The molecule has 0 unspecified atom stereocenters. The molecule has 3 aromatic rings. The number of hydrogen-bond donors (Lipinski definition) is 2. The summed E-state index contributed by atoms with van der Waals surface area (Å²) in [6, 6.07) is 9.41. The number of methoxy groups -OCH3 is 1. The molecule has 0 aliphatic carbocycles. The molecule has 1 heterocycles. The number of nitrogens with zero attached hydrogens (tertiary/aromatic N) is 1. The first-order chi connectivity index (χ1) is 15.4. The van der Waals surface area contributed by atoms with Crippen molar-refractivity contribution in [1.82, 2.24) is 4.98 Å². The van der Waals surface area contributed by atoms with E-state index in [9.17, 15) is 17.6 Å². The van der Waals surface area contributed by atoms with Crippen LogP contribution in [0, 0.1) is 17.7 Å². The number of nitrogens with one attached hydrogen (secondary N) is 1. The van der Waals surface area contributed by atoms with Gasteiger partial charge in [-0.15, -0.1) is 11.3 Å². The molecule has 0 aliphatic heterocycles. The maximum absolute atomic E-state index is 14.0. The lowest BCUT2D eigenvalue weighted by Crippen LogP contribution is -2.15. The van der Waals surface area contributed by atoms with Crippen LogP contribution in [0.1, 0.15) is 47.3 Å². The highest BCUT2D eigenvalue weighted by Gasteiger charge is 2.23. The molecule has 0 spiro atoms. The Kier molecular flexibility index (Phi) is 6.76. The number of thiazole rings is 1. The van der Waals surface area contributed by atoms with Crippen LogP contribution in [0.5, 0.6) is 5.75 Å². The SMILES string of the molecule is COc1cc(C(=O)O)c(F)cc1NS(=O)(=O)c1csc(C#Cc2ccc(C(C)(C)C)cc2)n1.